The van der Waals surface area contributed by atoms with Gasteiger partial charge in [-0.05, 0) is 14.1 Å². The Morgan fingerprint density at radius 1 is 1.19 bits per heavy atom. The first-order valence-corrected chi connectivity index (χ1v) is 7.80. The van der Waals surface area contributed by atoms with Crippen molar-refractivity contribution in [2.24, 2.45) is 11.5 Å². The highest BCUT2D eigenvalue weighted by Gasteiger charge is 2.43. The Hall–Kier alpha value is -2.25. The van der Waals surface area contributed by atoms with Crippen molar-refractivity contribution in [3.8, 4) is 0 Å². The van der Waals surface area contributed by atoms with E-state index in [-0.39, 0.29) is 6.42 Å². The first-order valence-electron chi connectivity index (χ1n) is 7.80. The molecule has 4 unspecified atom stereocenters. The van der Waals surface area contributed by atoms with Crippen molar-refractivity contribution in [3.63, 3.8) is 0 Å². The molecule has 0 aromatic heterocycles. The second-order valence-electron chi connectivity index (χ2n) is 6.04. The summed E-state index contributed by atoms with van der Waals surface area (Å²) in [5.41, 5.74) is 10.2. The Bertz CT molecular complexity index is 580. The summed E-state index contributed by atoms with van der Waals surface area (Å²) in [5, 5.41) is 40.5. The minimum atomic E-state index is -1.48. The van der Waals surface area contributed by atoms with Gasteiger partial charge in [0.1, 0.15) is 29.7 Å². The Morgan fingerprint density at radius 3 is 2.31 bits per heavy atom. The molecule has 1 saturated heterocycles. The zero-order valence-corrected chi connectivity index (χ0v) is 14.6. The van der Waals surface area contributed by atoms with Crippen LogP contribution in [0, 0.1) is 5.41 Å². The molecule has 0 aromatic rings. The number of nitrogens with one attached hydrogen (secondary N) is 3. The van der Waals surface area contributed by atoms with E-state index in [1.165, 1.54) is 0 Å². The molecule has 0 spiro atoms. The Balaban J connectivity index is 2.67. The van der Waals surface area contributed by atoms with Crippen molar-refractivity contribution < 1.29 is 29.6 Å². The van der Waals surface area contributed by atoms with E-state index >= 15 is 0 Å². The highest BCUT2D eigenvalue weighted by atomic mass is 16.6. The van der Waals surface area contributed by atoms with Gasteiger partial charge in [-0.2, -0.15) is 0 Å². The fourth-order valence-corrected chi connectivity index (χ4v) is 2.08. The lowest BCUT2D eigenvalue weighted by molar-refractivity contribution is -0.124. The number of rotatable bonds is 7. The van der Waals surface area contributed by atoms with Crippen molar-refractivity contribution in [2.45, 2.75) is 31.0 Å². The number of amidine groups is 1. The average molecular weight is 374 g/mol. The van der Waals surface area contributed by atoms with Crippen LogP contribution in [0.2, 0.25) is 0 Å². The van der Waals surface area contributed by atoms with Gasteiger partial charge >= 0.3 is 0 Å². The molecule has 148 valence electrons. The van der Waals surface area contributed by atoms with Gasteiger partial charge in [-0.3, -0.25) is 15.0 Å². The summed E-state index contributed by atoms with van der Waals surface area (Å²) in [4.78, 5) is 25.5. The van der Waals surface area contributed by atoms with E-state index < -0.39 is 60.2 Å². The SMILES string of the molecule is CN(C)CCC(=O)NC(=N)/C(N)=C(\N)C(=O)NC1OC(CO)C(O)C1O. The summed E-state index contributed by atoms with van der Waals surface area (Å²) in [6.07, 6.45) is -5.12. The summed E-state index contributed by atoms with van der Waals surface area (Å²) in [6.45, 7) is -0.0916. The molecule has 0 aromatic carbocycles. The number of ether oxygens (including phenoxy) is 1. The number of nitrogens with two attached hydrogens (primary N) is 2. The molecule has 10 N–H and O–H groups in total. The second kappa shape index (κ2) is 9.45. The first-order chi connectivity index (χ1) is 12.1. The Morgan fingerprint density at radius 2 is 1.81 bits per heavy atom. The van der Waals surface area contributed by atoms with Crippen molar-refractivity contribution in [1.82, 2.24) is 15.5 Å². The van der Waals surface area contributed by atoms with Crippen LogP contribution in [0.1, 0.15) is 6.42 Å². The normalized spacial score (nSPS) is 26.4. The maximum absolute atomic E-state index is 12.1. The quantitative estimate of drug-likeness (QED) is 0.123. The van der Waals surface area contributed by atoms with Crippen LogP contribution in [0.25, 0.3) is 0 Å². The van der Waals surface area contributed by atoms with Gasteiger partial charge in [0.2, 0.25) is 5.91 Å². The summed E-state index contributed by atoms with van der Waals surface area (Å²) >= 11 is 0. The number of hydrogen-bond donors (Lipinski definition) is 8. The standard InChI is InChI=1S/C14H26N6O6/c1-20(2)4-3-7(22)18-12(17)8(15)9(16)13(25)19-14-11(24)10(23)6(5-21)26-14/h6,10-11,14,21,23-24H,3-5,15-16H2,1-2H3,(H,19,25)(H2,17,18,22)/b9-8+. The van der Waals surface area contributed by atoms with E-state index in [0.717, 1.165) is 0 Å². The van der Waals surface area contributed by atoms with Gasteiger partial charge in [-0.1, -0.05) is 0 Å². The topological polar surface area (TPSA) is 207 Å². The summed E-state index contributed by atoms with van der Waals surface area (Å²) in [7, 11) is 3.57. The van der Waals surface area contributed by atoms with Crippen molar-refractivity contribution in [3.05, 3.63) is 11.4 Å². The predicted molar refractivity (Wildman–Crippen MR) is 90.3 cm³/mol. The second-order valence-corrected chi connectivity index (χ2v) is 6.04. The van der Waals surface area contributed by atoms with E-state index in [4.69, 9.17) is 26.7 Å². The molecule has 0 saturated carbocycles. The third-order valence-corrected chi connectivity index (χ3v) is 3.67. The molecule has 12 heteroatoms. The van der Waals surface area contributed by atoms with Gasteiger partial charge in [0.15, 0.2) is 12.1 Å². The lowest BCUT2D eigenvalue weighted by Gasteiger charge is -2.17. The fraction of sp³-hybridized carbons (Fsp3) is 0.643. The monoisotopic (exact) mass is 374 g/mol. The lowest BCUT2D eigenvalue weighted by Crippen LogP contribution is -2.46. The highest BCUT2D eigenvalue weighted by Crippen LogP contribution is 2.19. The smallest absolute Gasteiger partial charge is 0.271 e. The molecule has 1 fully saturated rings. The number of carbonyl (C=O) groups excluding carboxylic acids is 2. The van der Waals surface area contributed by atoms with Crippen LogP contribution in [0.5, 0.6) is 0 Å². The van der Waals surface area contributed by atoms with Crippen molar-refractivity contribution >= 4 is 17.6 Å². The van der Waals surface area contributed by atoms with Crippen LogP contribution in [0.3, 0.4) is 0 Å². The number of aliphatic hydroxyl groups excluding tert-OH is 3. The van der Waals surface area contributed by atoms with Gasteiger partial charge in [-0.15, -0.1) is 0 Å². The zero-order valence-electron chi connectivity index (χ0n) is 14.6. The molecule has 0 aliphatic carbocycles. The van der Waals surface area contributed by atoms with E-state index in [0.29, 0.717) is 6.54 Å². The molecule has 1 aliphatic heterocycles. The van der Waals surface area contributed by atoms with Crippen LogP contribution in [0.4, 0.5) is 0 Å². The largest absolute Gasteiger partial charge is 0.394 e. The van der Waals surface area contributed by atoms with E-state index in [1.807, 2.05) is 0 Å². The molecule has 0 bridgehead atoms. The molecular formula is C14H26N6O6. The maximum Gasteiger partial charge on any atom is 0.271 e. The van der Waals surface area contributed by atoms with Crippen molar-refractivity contribution in [2.75, 3.05) is 27.2 Å². The first kappa shape index (κ1) is 21.8. The fourth-order valence-electron chi connectivity index (χ4n) is 2.08. The Kier molecular flexibility index (Phi) is 7.92. The van der Waals surface area contributed by atoms with E-state index in [9.17, 15) is 19.8 Å². The molecular weight excluding hydrogens is 348 g/mol. The van der Waals surface area contributed by atoms with Gasteiger partial charge in [0.05, 0.1) is 6.61 Å². The molecule has 1 aliphatic rings. The number of nitrogens with zero attached hydrogens (tertiary/aromatic N) is 1. The number of carbonyl (C=O) groups is 2. The minimum absolute atomic E-state index is 0.122. The van der Waals surface area contributed by atoms with Gasteiger partial charge in [0.25, 0.3) is 5.91 Å². The third-order valence-electron chi connectivity index (χ3n) is 3.67. The highest BCUT2D eigenvalue weighted by molar-refractivity contribution is 6.10. The lowest BCUT2D eigenvalue weighted by atomic mass is 10.1. The van der Waals surface area contributed by atoms with Crippen LogP contribution >= 0.6 is 0 Å². The molecule has 26 heavy (non-hydrogen) atoms. The van der Waals surface area contributed by atoms with Crippen LogP contribution in [-0.4, -0.2) is 89.7 Å². The number of amides is 2. The van der Waals surface area contributed by atoms with Crippen LogP contribution in [-0.2, 0) is 14.3 Å². The molecule has 0 radical (unpaired) electrons. The van der Waals surface area contributed by atoms with Gasteiger partial charge in [0, 0.05) is 13.0 Å². The zero-order chi connectivity index (χ0) is 20.0. The summed E-state index contributed by atoms with van der Waals surface area (Å²) in [5.74, 6) is -1.98. The molecule has 4 atom stereocenters. The number of hydrogen-bond acceptors (Lipinski definition) is 10. The average Bonchev–Trinajstić information content (AvgIpc) is 2.86. The minimum Gasteiger partial charge on any atom is -0.394 e. The Labute approximate surface area is 150 Å². The van der Waals surface area contributed by atoms with Gasteiger partial charge < -0.3 is 47.1 Å². The third kappa shape index (κ3) is 5.64. The molecule has 1 rings (SSSR count). The predicted octanol–water partition coefficient (Wildman–Crippen LogP) is -4.28. The van der Waals surface area contributed by atoms with Crippen molar-refractivity contribution in [1.29, 1.82) is 5.41 Å². The maximum atomic E-state index is 12.1. The number of aliphatic hydroxyl groups is 3. The van der Waals surface area contributed by atoms with E-state index in [1.54, 1.807) is 19.0 Å². The molecule has 1 heterocycles. The molecule has 2 amide bonds. The van der Waals surface area contributed by atoms with Crippen LogP contribution < -0.4 is 22.1 Å². The van der Waals surface area contributed by atoms with Crippen LogP contribution in [0.15, 0.2) is 11.4 Å². The summed E-state index contributed by atoms with van der Waals surface area (Å²) < 4.78 is 5.09. The van der Waals surface area contributed by atoms with E-state index in [2.05, 4.69) is 10.6 Å². The summed E-state index contributed by atoms with van der Waals surface area (Å²) in [6, 6.07) is 0. The molecule has 12 nitrogen and oxygen atoms in total. The van der Waals surface area contributed by atoms with Gasteiger partial charge in [-0.25, -0.2) is 0 Å².